The molecule has 0 saturated carbocycles. The number of carbonyl (C=O) groups is 2. The normalized spacial score (nSPS) is 19.3. The van der Waals surface area contributed by atoms with Gasteiger partial charge in [0.05, 0.1) is 12.1 Å². The minimum Gasteiger partial charge on any atom is -0.444 e. The summed E-state index contributed by atoms with van der Waals surface area (Å²) in [6.07, 6.45) is 0.254. The molecule has 0 radical (unpaired) electrons. The molecule has 6 nitrogen and oxygen atoms in total. The van der Waals surface area contributed by atoms with Gasteiger partial charge >= 0.3 is 6.09 Å². The molecule has 0 aromatic heterocycles. The molecule has 1 fully saturated rings. The number of rotatable bonds is 11. The van der Waals surface area contributed by atoms with Crippen molar-refractivity contribution in [3.8, 4) is 0 Å². The van der Waals surface area contributed by atoms with Gasteiger partial charge in [-0.15, -0.1) is 0 Å². The van der Waals surface area contributed by atoms with Gasteiger partial charge in [0.2, 0.25) is 0 Å². The maximum Gasteiger partial charge on any atom is 0.410 e. The van der Waals surface area contributed by atoms with Crippen molar-refractivity contribution in [2.24, 2.45) is 5.92 Å². The molecule has 1 saturated heterocycles. The zero-order chi connectivity index (χ0) is 28.7. The highest BCUT2D eigenvalue weighted by molar-refractivity contribution is 5.81. The van der Waals surface area contributed by atoms with Crippen LogP contribution in [0.25, 0.3) is 0 Å². The van der Waals surface area contributed by atoms with Crippen molar-refractivity contribution < 1.29 is 27.8 Å². The van der Waals surface area contributed by atoms with E-state index in [4.69, 9.17) is 9.47 Å². The van der Waals surface area contributed by atoms with E-state index >= 15 is 0 Å². The molecule has 0 aliphatic carbocycles. The van der Waals surface area contributed by atoms with E-state index in [1.165, 1.54) is 23.8 Å². The van der Waals surface area contributed by atoms with Gasteiger partial charge in [0.15, 0.2) is 0 Å². The van der Waals surface area contributed by atoms with Crippen LogP contribution in [0, 0.1) is 17.6 Å². The second-order valence-corrected chi connectivity index (χ2v) is 11.5. The third-order valence-electron chi connectivity index (χ3n) is 7.41. The summed E-state index contributed by atoms with van der Waals surface area (Å²) in [5.74, 6) is -1.79. The number of amides is 1. The Morgan fingerprint density at radius 3 is 2.31 bits per heavy atom. The summed E-state index contributed by atoms with van der Waals surface area (Å²) in [4.78, 5) is 30.4. The SMILES string of the molecule is CO[C@H]([C@@H](C)C(=O)CCCc1c(F)cccc1F)[C@@H]1C[C@H](N(C)Cc2ccccc2)CN1C(=O)OC(C)(C)C. The highest BCUT2D eigenvalue weighted by Crippen LogP contribution is 2.31. The number of nitrogens with zero attached hydrogens (tertiary/aromatic N) is 2. The zero-order valence-corrected chi connectivity index (χ0v) is 24.0. The maximum atomic E-state index is 14.0. The number of hydrogen-bond acceptors (Lipinski definition) is 5. The summed E-state index contributed by atoms with van der Waals surface area (Å²) in [6.45, 7) is 8.46. The Hall–Kier alpha value is -2.84. The first-order chi connectivity index (χ1) is 18.4. The number of Topliss-reactive ketones (excluding diaryl/α,β-unsaturated/α-hetero) is 1. The summed E-state index contributed by atoms with van der Waals surface area (Å²) in [7, 11) is 3.59. The summed E-state index contributed by atoms with van der Waals surface area (Å²) in [5, 5.41) is 0. The maximum absolute atomic E-state index is 14.0. The number of halogens is 2. The molecule has 1 aliphatic heterocycles. The standard InChI is InChI=1S/C31H42F2N2O4/c1-21(28(36)17-10-14-24-25(32)15-11-16-26(24)33)29(38-6)27-18-23(20-35(27)30(37)39-31(2,3)4)34(5)19-22-12-8-7-9-13-22/h7-9,11-13,15-16,21,23,27,29H,10,14,17-20H2,1-6H3/t21-,23-,27-,29+/m0/s1. The second kappa shape index (κ2) is 13.5. The fraction of sp³-hybridized carbons (Fsp3) is 0.548. The van der Waals surface area contributed by atoms with E-state index in [0.29, 0.717) is 19.4 Å². The fourth-order valence-electron chi connectivity index (χ4n) is 5.32. The van der Waals surface area contributed by atoms with Crippen LogP contribution in [0.2, 0.25) is 0 Å². The van der Waals surface area contributed by atoms with Crippen molar-refractivity contribution in [3.63, 3.8) is 0 Å². The average molecular weight is 545 g/mol. The fourth-order valence-corrected chi connectivity index (χ4v) is 5.32. The molecule has 0 spiro atoms. The predicted octanol–water partition coefficient (Wildman–Crippen LogP) is 6.02. The van der Waals surface area contributed by atoms with Gasteiger partial charge in [-0.1, -0.05) is 43.3 Å². The van der Waals surface area contributed by atoms with E-state index in [9.17, 15) is 18.4 Å². The lowest BCUT2D eigenvalue weighted by molar-refractivity contribution is -0.128. The molecule has 1 amide bonds. The summed E-state index contributed by atoms with van der Waals surface area (Å²) in [5.41, 5.74) is 0.504. The highest BCUT2D eigenvalue weighted by Gasteiger charge is 2.45. The van der Waals surface area contributed by atoms with E-state index in [1.807, 2.05) is 46.0 Å². The van der Waals surface area contributed by atoms with Gasteiger partial charge in [0.25, 0.3) is 0 Å². The van der Waals surface area contributed by atoms with Crippen LogP contribution in [0.3, 0.4) is 0 Å². The molecule has 1 aliphatic rings. The Labute approximate surface area is 231 Å². The van der Waals surface area contributed by atoms with Gasteiger partial charge in [-0.3, -0.25) is 9.69 Å². The molecule has 4 atom stereocenters. The third kappa shape index (κ3) is 8.32. The third-order valence-corrected chi connectivity index (χ3v) is 7.41. The van der Waals surface area contributed by atoms with Crippen LogP contribution in [0.4, 0.5) is 13.6 Å². The van der Waals surface area contributed by atoms with Crippen molar-refractivity contribution >= 4 is 11.9 Å². The van der Waals surface area contributed by atoms with Crippen molar-refractivity contribution in [1.29, 1.82) is 0 Å². The van der Waals surface area contributed by atoms with E-state index in [0.717, 1.165) is 6.54 Å². The minimum atomic E-state index is -0.665. The zero-order valence-electron chi connectivity index (χ0n) is 24.0. The first-order valence-corrected chi connectivity index (χ1v) is 13.6. The Morgan fingerprint density at radius 1 is 1.08 bits per heavy atom. The van der Waals surface area contributed by atoms with Crippen LogP contribution in [0.5, 0.6) is 0 Å². The van der Waals surface area contributed by atoms with E-state index in [1.54, 1.807) is 18.9 Å². The molecule has 2 aromatic rings. The topological polar surface area (TPSA) is 59.1 Å². The lowest BCUT2D eigenvalue weighted by atomic mass is 9.89. The van der Waals surface area contributed by atoms with Crippen LogP contribution in [0.15, 0.2) is 48.5 Å². The number of hydrogen-bond donors (Lipinski definition) is 0. The molecule has 1 heterocycles. The second-order valence-electron chi connectivity index (χ2n) is 11.5. The number of methoxy groups -OCH3 is 1. The van der Waals surface area contributed by atoms with Gasteiger partial charge in [-0.2, -0.15) is 0 Å². The molecule has 2 aromatic carbocycles. The van der Waals surface area contributed by atoms with Crippen molar-refractivity contribution in [2.45, 2.75) is 83.7 Å². The van der Waals surface area contributed by atoms with Crippen molar-refractivity contribution in [3.05, 3.63) is 71.3 Å². The number of likely N-dealkylation sites (tertiary alicyclic amines) is 1. The van der Waals surface area contributed by atoms with E-state index in [2.05, 4.69) is 17.0 Å². The van der Waals surface area contributed by atoms with Gasteiger partial charge in [0, 0.05) is 44.1 Å². The Balaban J connectivity index is 1.72. The number of ketones is 1. The Kier molecular flexibility index (Phi) is 10.6. The van der Waals surface area contributed by atoms with Crippen molar-refractivity contribution in [2.75, 3.05) is 20.7 Å². The smallest absolute Gasteiger partial charge is 0.410 e. The lowest BCUT2D eigenvalue weighted by Crippen LogP contribution is -2.49. The summed E-state index contributed by atoms with van der Waals surface area (Å²) in [6, 6.07) is 13.6. The average Bonchev–Trinajstić information content (AvgIpc) is 3.31. The number of likely N-dealkylation sites (N-methyl/N-ethyl adjacent to an activating group) is 1. The van der Waals surface area contributed by atoms with Crippen molar-refractivity contribution in [1.82, 2.24) is 9.80 Å². The van der Waals surface area contributed by atoms with Gasteiger partial charge in [-0.25, -0.2) is 13.6 Å². The molecule has 214 valence electrons. The number of carbonyl (C=O) groups excluding carboxylic acids is 2. The summed E-state index contributed by atoms with van der Waals surface area (Å²) < 4.78 is 39.6. The van der Waals surface area contributed by atoms with Crippen LogP contribution in [0.1, 0.15) is 58.1 Å². The summed E-state index contributed by atoms with van der Waals surface area (Å²) >= 11 is 0. The van der Waals surface area contributed by atoms with Gasteiger partial charge < -0.3 is 14.4 Å². The first kappa shape index (κ1) is 30.7. The Morgan fingerprint density at radius 2 is 1.72 bits per heavy atom. The lowest BCUT2D eigenvalue weighted by Gasteiger charge is -2.34. The van der Waals surface area contributed by atoms with Gasteiger partial charge in [0.1, 0.15) is 23.0 Å². The Bertz CT molecular complexity index is 1090. The molecule has 0 bridgehead atoms. The minimum absolute atomic E-state index is 0.00238. The quantitative estimate of drug-likeness (QED) is 0.346. The number of ether oxygens (including phenoxy) is 2. The number of benzene rings is 2. The molecule has 39 heavy (non-hydrogen) atoms. The van der Waals surface area contributed by atoms with Crippen LogP contribution < -0.4 is 0 Å². The molecule has 8 heteroatoms. The van der Waals surface area contributed by atoms with Crippen LogP contribution in [-0.4, -0.2) is 66.2 Å². The molecular weight excluding hydrogens is 502 g/mol. The highest BCUT2D eigenvalue weighted by atomic mass is 19.1. The molecule has 3 rings (SSSR count). The van der Waals surface area contributed by atoms with E-state index < -0.39 is 35.4 Å². The monoisotopic (exact) mass is 544 g/mol. The van der Waals surface area contributed by atoms with E-state index in [-0.39, 0.29) is 36.3 Å². The van der Waals surface area contributed by atoms with Gasteiger partial charge in [-0.05, 0) is 64.8 Å². The van der Waals surface area contributed by atoms with Crippen LogP contribution >= 0.6 is 0 Å². The first-order valence-electron chi connectivity index (χ1n) is 13.6. The predicted molar refractivity (Wildman–Crippen MR) is 147 cm³/mol. The molecular formula is C31H42F2N2O4. The van der Waals surface area contributed by atoms with Crippen LogP contribution in [-0.2, 0) is 27.2 Å². The molecule has 0 unspecified atom stereocenters. The largest absolute Gasteiger partial charge is 0.444 e. The molecule has 0 N–H and O–H groups in total.